The van der Waals surface area contributed by atoms with Gasteiger partial charge in [-0.05, 0) is 31.4 Å². The van der Waals surface area contributed by atoms with Gasteiger partial charge in [-0.3, -0.25) is 9.69 Å². The zero-order valence-electron chi connectivity index (χ0n) is 16.9. The Balaban J connectivity index is 1.54. The van der Waals surface area contributed by atoms with Gasteiger partial charge in [0.25, 0.3) is 0 Å². The number of urea groups is 1. The number of hydrogen-bond acceptors (Lipinski definition) is 5. The minimum absolute atomic E-state index is 0.0143. The Labute approximate surface area is 166 Å². The van der Waals surface area contributed by atoms with Crippen LogP contribution in [0.15, 0.2) is 22.8 Å². The summed E-state index contributed by atoms with van der Waals surface area (Å²) in [5.41, 5.74) is 0. The number of hydrogen-bond donors (Lipinski definition) is 1. The third-order valence-corrected chi connectivity index (χ3v) is 5.81. The molecule has 3 heterocycles. The average Bonchev–Trinajstić information content (AvgIpc) is 3.21. The quantitative estimate of drug-likeness (QED) is 0.811. The van der Waals surface area contributed by atoms with Crippen LogP contribution in [-0.2, 0) is 11.3 Å². The first-order valence-electron chi connectivity index (χ1n) is 10.1. The summed E-state index contributed by atoms with van der Waals surface area (Å²) in [5, 5.41) is 9.47. The molecule has 8 nitrogen and oxygen atoms in total. The van der Waals surface area contributed by atoms with Gasteiger partial charge in [0.1, 0.15) is 5.76 Å². The molecule has 0 aromatic carbocycles. The number of piperidine rings is 1. The maximum Gasteiger partial charge on any atom is 0.319 e. The van der Waals surface area contributed by atoms with Gasteiger partial charge in [-0.1, -0.05) is 0 Å². The van der Waals surface area contributed by atoms with Crippen molar-refractivity contribution < 1.29 is 19.1 Å². The van der Waals surface area contributed by atoms with E-state index in [4.69, 9.17) is 4.42 Å². The van der Waals surface area contributed by atoms with Crippen LogP contribution in [0.5, 0.6) is 0 Å². The molecule has 2 aliphatic heterocycles. The van der Waals surface area contributed by atoms with Gasteiger partial charge in [0, 0.05) is 65.4 Å². The molecular weight excluding hydrogens is 360 g/mol. The van der Waals surface area contributed by atoms with Crippen molar-refractivity contribution >= 4 is 11.9 Å². The van der Waals surface area contributed by atoms with Crippen LogP contribution < -0.4 is 0 Å². The Bertz CT molecular complexity index is 641. The summed E-state index contributed by atoms with van der Waals surface area (Å²) in [7, 11) is 3.51. The predicted octanol–water partition coefficient (Wildman–Crippen LogP) is 1.07. The highest BCUT2D eigenvalue weighted by molar-refractivity contribution is 5.80. The largest absolute Gasteiger partial charge is 0.468 e. The molecule has 1 unspecified atom stereocenters. The molecule has 8 heteroatoms. The maximum atomic E-state index is 13.0. The SMILES string of the molecule is CN(C)C(=O)N1CCC(C(=O)N2CCN(Cc3ccco3)C(CCO)C2)CC1. The van der Waals surface area contributed by atoms with Crippen LogP contribution in [0.25, 0.3) is 0 Å². The lowest BCUT2D eigenvalue weighted by Gasteiger charge is -2.43. The summed E-state index contributed by atoms with van der Waals surface area (Å²) >= 11 is 0. The first-order valence-corrected chi connectivity index (χ1v) is 10.1. The van der Waals surface area contributed by atoms with Crippen molar-refractivity contribution in [1.29, 1.82) is 0 Å². The average molecular weight is 393 g/mol. The molecule has 1 aromatic rings. The second kappa shape index (κ2) is 9.43. The van der Waals surface area contributed by atoms with Crippen LogP contribution in [-0.4, -0.2) is 96.1 Å². The van der Waals surface area contributed by atoms with E-state index in [-0.39, 0.29) is 30.5 Å². The zero-order chi connectivity index (χ0) is 20.1. The van der Waals surface area contributed by atoms with Gasteiger partial charge in [-0.2, -0.15) is 0 Å². The van der Waals surface area contributed by atoms with E-state index in [9.17, 15) is 14.7 Å². The molecule has 0 saturated carbocycles. The number of carbonyl (C=O) groups is 2. The standard InChI is InChI=1S/C20H32N4O4/c1-21(2)20(27)22-8-5-16(6-9-22)19(26)24-11-10-23(17(14-24)7-12-25)15-18-4-3-13-28-18/h3-4,13,16-17,25H,5-12,14-15H2,1-2H3. The Morgan fingerprint density at radius 1 is 1.18 bits per heavy atom. The third-order valence-electron chi connectivity index (χ3n) is 5.81. The van der Waals surface area contributed by atoms with E-state index in [1.54, 1.807) is 25.3 Å². The van der Waals surface area contributed by atoms with Crippen molar-refractivity contribution in [2.75, 3.05) is 53.4 Å². The van der Waals surface area contributed by atoms with Crippen LogP contribution in [0.3, 0.4) is 0 Å². The van der Waals surface area contributed by atoms with Crippen molar-refractivity contribution in [3.63, 3.8) is 0 Å². The normalized spacial score (nSPS) is 21.8. The van der Waals surface area contributed by atoms with Gasteiger partial charge in [0.2, 0.25) is 5.91 Å². The first-order chi connectivity index (χ1) is 13.5. The molecule has 0 radical (unpaired) electrons. The van der Waals surface area contributed by atoms with E-state index in [0.29, 0.717) is 39.1 Å². The fraction of sp³-hybridized carbons (Fsp3) is 0.700. The monoisotopic (exact) mass is 392 g/mol. The molecule has 1 atom stereocenters. The smallest absolute Gasteiger partial charge is 0.319 e. The molecule has 156 valence electrons. The number of aliphatic hydroxyl groups excluding tert-OH is 1. The van der Waals surface area contributed by atoms with Crippen molar-refractivity contribution in [3.8, 4) is 0 Å². The zero-order valence-corrected chi connectivity index (χ0v) is 16.9. The Morgan fingerprint density at radius 2 is 1.93 bits per heavy atom. The summed E-state index contributed by atoms with van der Waals surface area (Å²) in [4.78, 5) is 32.8. The molecule has 3 amide bonds. The lowest BCUT2D eigenvalue weighted by molar-refractivity contribution is -0.140. The fourth-order valence-corrected chi connectivity index (χ4v) is 4.19. The molecule has 0 bridgehead atoms. The number of furan rings is 1. The van der Waals surface area contributed by atoms with Crippen LogP contribution in [0.4, 0.5) is 4.79 Å². The summed E-state index contributed by atoms with van der Waals surface area (Å²) in [6, 6.07) is 3.98. The lowest BCUT2D eigenvalue weighted by Crippen LogP contribution is -2.56. The fourth-order valence-electron chi connectivity index (χ4n) is 4.19. The first kappa shape index (κ1) is 20.7. The Morgan fingerprint density at radius 3 is 2.54 bits per heavy atom. The summed E-state index contributed by atoms with van der Waals surface area (Å²) in [6.07, 6.45) is 3.75. The van der Waals surface area contributed by atoms with E-state index in [1.165, 1.54) is 0 Å². The number of amides is 3. The molecule has 2 fully saturated rings. The predicted molar refractivity (Wildman–Crippen MR) is 105 cm³/mol. The summed E-state index contributed by atoms with van der Waals surface area (Å²) in [5.74, 6) is 1.08. The van der Waals surface area contributed by atoms with Gasteiger partial charge < -0.3 is 24.2 Å². The molecule has 2 aliphatic rings. The van der Waals surface area contributed by atoms with Gasteiger partial charge in [-0.25, -0.2) is 4.79 Å². The number of carbonyl (C=O) groups excluding carboxylic acids is 2. The molecule has 2 saturated heterocycles. The summed E-state index contributed by atoms with van der Waals surface area (Å²) in [6.45, 7) is 4.17. The Kier molecular flexibility index (Phi) is 6.96. The van der Waals surface area contributed by atoms with E-state index in [2.05, 4.69) is 4.90 Å². The van der Waals surface area contributed by atoms with Crippen molar-refractivity contribution in [2.24, 2.45) is 5.92 Å². The van der Waals surface area contributed by atoms with Crippen molar-refractivity contribution in [1.82, 2.24) is 19.6 Å². The maximum absolute atomic E-state index is 13.0. The molecular formula is C20H32N4O4. The highest BCUT2D eigenvalue weighted by Gasteiger charge is 2.35. The number of nitrogens with zero attached hydrogens (tertiary/aromatic N) is 4. The third kappa shape index (κ3) is 4.86. The minimum atomic E-state index is -0.0161. The second-order valence-corrected chi connectivity index (χ2v) is 7.94. The van der Waals surface area contributed by atoms with Crippen molar-refractivity contribution in [2.45, 2.75) is 31.8 Å². The van der Waals surface area contributed by atoms with E-state index < -0.39 is 0 Å². The van der Waals surface area contributed by atoms with E-state index in [0.717, 1.165) is 25.1 Å². The van der Waals surface area contributed by atoms with E-state index in [1.807, 2.05) is 21.9 Å². The topological polar surface area (TPSA) is 80.5 Å². The molecule has 1 aromatic heterocycles. The molecule has 3 rings (SSSR count). The number of piperazine rings is 1. The number of likely N-dealkylation sites (tertiary alicyclic amines) is 1. The van der Waals surface area contributed by atoms with Crippen LogP contribution in [0, 0.1) is 5.92 Å². The second-order valence-electron chi connectivity index (χ2n) is 7.94. The molecule has 1 N–H and O–H groups in total. The van der Waals surface area contributed by atoms with Crippen molar-refractivity contribution in [3.05, 3.63) is 24.2 Å². The van der Waals surface area contributed by atoms with Crippen LogP contribution >= 0.6 is 0 Å². The molecule has 28 heavy (non-hydrogen) atoms. The lowest BCUT2D eigenvalue weighted by atomic mass is 9.94. The highest BCUT2D eigenvalue weighted by Crippen LogP contribution is 2.23. The van der Waals surface area contributed by atoms with Crippen LogP contribution in [0.1, 0.15) is 25.0 Å². The number of aliphatic hydroxyl groups is 1. The molecule has 0 aliphatic carbocycles. The minimum Gasteiger partial charge on any atom is -0.468 e. The van der Waals surface area contributed by atoms with Gasteiger partial charge in [-0.15, -0.1) is 0 Å². The molecule has 0 spiro atoms. The van der Waals surface area contributed by atoms with Gasteiger partial charge in [0.05, 0.1) is 12.8 Å². The Hall–Kier alpha value is -2.06. The number of rotatable bonds is 5. The van der Waals surface area contributed by atoms with Gasteiger partial charge in [0.15, 0.2) is 0 Å². The summed E-state index contributed by atoms with van der Waals surface area (Å²) < 4.78 is 5.46. The van der Waals surface area contributed by atoms with Crippen LogP contribution in [0.2, 0.25) is 0 Å². The highest BCUT2D eigenvalue weighted by atomic mass is 16.3. The van der Waals surface area contributed by atoms with E-state index >= 15 is 0 Å². The van der Waals surface area contributed by atoms with Gasteiger partial charge >= 0.3 is 6.03 Å².